The van der Waals surface area contributed by atoms with Crippen molar-refractivity contribution in [2.45, 2.75) is 6.36 Å². The first kappa shape index (κ1) is 14.3. The van der Waals surface area contributed by atoms with Gasteiger partial charge >= 0.3 is 6.36 Å². The van der Waals surface area contributed by atoms with Crippen molar-refractivity contribution in [3.8, 4) is 17.4 Å². The second-order valence-electron chi connectivity index (χ2n) is 3.62. The summed E-state index contributed by atoms with van der Waals surface area (Å²) < 4.78 is 45.9. The maximum atomic E-state index is 12.3. The van der Waals surface area contributed by atoms with Crippen LogP contribution in [0, 0.1) is 0 Å². The van der Waals surface area contributed by atoms with E-state index in [2.05, 4.69) is 9.72 Å². The van der Waals surface area contributed by atoms with Crippen molar-refractivity contribution in [2.24, 2.45) is 0 Å². The number of anilines is 1. The zero-order chi connectivity index (χ0) is 14.8. The van der Waals surface area contributed by atoms with Gasteiger partial charge in [-0.3, -0.25) is 0 Å². The Bertz CT molecular complexity index is 620. The van der Waals surface area contributed by atoms with Crippen LogP contribution in [0.4, 0.5) is 18.9 Å². The maximum absolute atomic E-state index is 12.3. The van der Waals surface area contributed by atoms with Crippen LogP contribution >= 0.6 is 11.6 Å². The lowest BCUT2D eigenvalue weighted by Crippen LogP contribution is -2.17. The molecule has 1 aromatic heterocycles. The highest BCUT2D eigenvalue weighted by Crippen LogP contribution is 2.36. The Morgan fingerprint density at radius 3 is 2.35 bits per heavy atom. The van der Waals surface area contributed by atoms with E-state index < -0.39 is 12.1 Å². The lowest BCUT2D eigenvalue weighted by molar-refractivity contribution is -0.275. The summed E-state index contributed by atoms with van der Waals surface area (Å²) in [6.45, 7) is 0. The van der Waals surface area contributed by atoms with Crippen LogP contribution in [-0.4, -0.2) is 11.3 Å². The molecule has 8 heteroatoms. The summed E-state index contributed by atoms with van der Waals surface area (Å²) in [5.41, 5.74) is 5.74. The van der Waals surface area contributed by atoms with Crippen LogP contribution in [0.5, 0.6) is 17.4 Å². The van der Waals surface area contributed by atoms with E-state index in [-0.39, 0.29) is 22.5 Å². The van der Waals surface area contributed by atoms with Gasteiger partial charge in [0.15, 0.2) is 11.5 Å². The SMILES string of the molecule is Nc1ccc(Cl)nc1Oc1ccccc1OC(F)(F)F. The molecule has 0 fully saturated rings. The van der Waals surface area contributed by atoms with Gasteiger partial charge in [-0.25, -0.2) is 0 Å². The first-order valence-corrected chi connectivity index (χ1v) is 5.67. The normalized spacial score (nSPS) is 11.2. The van der Waals surface area contributed by atoms with Gasteiger partial charge in [0.25, 0.3) is 0 Å². The van der Waals surface area contributed by atoms with Gasteiger partial charge < -0.3 is 15.2 Å². The van der Waals surface area contributed by atoms with E-state index in [9.17, 15) is 13.2 Å². The fraction of sp³-hybridized carbons (Fsp3) is 0.0833. The molecular weight excluding hydrogens is 297 g/mol. The molecule has 0 aliphatic carbocycles. The van der Waals surface area contributed by atoms with Gasteiger partial charge in [0.2, 0.25) is 5.88 Å². The van der Waals surface area contributed by atoms with Gasteiger partial charge in [-0.2, -0.15) is 4.98 Å². The Labute approximate surface area is 116 Å². The summed E-state index contributed by atoms with van der Waals surface area (Å²) in [4.78, 5) is 3.79. The van der Waals surface area contributed by atoms with E-state index in [1.807, 2.05) is 0 Å². The largest absolute Gasteiger partial charge is 0.573 e. The van der Waals surface area contributed by atoms with Crippen LogP contribution in [0.15, 0.2) is 36.4 Å². The van der Waals surface area contributed by atoms with Gasteiger partial charge in [-0.05, 0) is 24.3 Å². The van der Waals surface area contributed by atoms with Gasteiger partial charge in [0, 0.05) is 0 Å². The molecule has 20 heavy (non-hydrogen) atoms. The number of rotatable bonds is 3. The molecule has 0 aliphatic rings. The molecule has 0 saturated carbocycles. The first-order valence-electron chi connectivity index (χ1n) is 5.30. The van der Waals surface area contributed by atoms with Gasteiger partial charge in [-0.15, -0.1) is 13.2 Å². The number of para-hydroxylation sites is 2. The van der Waals surface area contributed by atoms with Crippen molar-refractivity contribution in [3.05, 3.63) is 41.6 Å². The number of hydrogen-bond acceptors (Lipinski definition) is 4. The summed E-state index contributed by atoms with van der Waals surface area (Å²) in [5.74, 6) is -0.775. The number of ether oxygens (including phenoxy) is 2. The number of nitrogens with two attached hydrogens (primary N) is 1. The fourth-order valence-electron chi connectivity index (χ4n) is 1.36. The second-order valence-corrected chi connectivity index (χ2v) is 4.01. The third-order valence-corrected chi connectivity index (χ3v) is 2.35. The number of aromatic nitrogens is 1. The van der Waals surface area contributed by atoms with E-state index in [4.69, 9.17) is 22.1 Å². The molecule has 0 saturated heterocycles. The minimum Gasteiger partial charge on any atom is -0.433 e. The molecule has 4 nitrogen and oxygen atoms in total. The van der Waals surface area contributed by atoms with Gasteiger partial charge in [0.1, 0.15) is 5.15 Å². The third kappa shape index (κ3) is 3.67. The first-order chi connectivity index (χ1) is 9.35. The Kier molecular flexibility index (Phi) is 3.89. The molecule has 0 bridgehead atoms. The Hall–Kier alpha value is -2.15. The Morgan fingerprint density at radius 1 is 1.05 bits per heavy atom. The van der Waals surface area contributed by atoms with Gasteiger partial charge in [0.05, 0.1) is 5.69 Å². The Balaban J connectivity index is 2.32. The Morgan fingerprint density at radius 2 is 1.70 bits per heavy atom. The predicted octanol–water partition coefficient (Wildman–Crippen LogP) is 4.01. The number of halogens is 4. The van der Waals surface area contributed by atoms with Crippen molar-refractivity contribution < 1.29 is 22.6 Å². The van der Waals surface area contributed by atoms with Crippen molar-refractivity contribution in [2.75, 3.05) is 5.73 Å². The zero-order valence-electron chi connectivity index (χ0n) is 9.82. The van der Waals surface area contributed by atoms with Crippen LogP contribution < -0.4 is 15.2 Å². The zero-order valence-corrected chi connectivity index (χ0v) is 10.6. The minimum atomic E-state index is -4.83. The van der Waals surface area contributed by atoms with Crippen LogP contribution in [0.1, 0.15) is 0 Å². The predicted molar refractivity (Wildman–Crippen MR) is 66.9 cm³/mol. The minimum absolute atomic E-state index is 0.100. The molecule has 2 N–H and O–H groups in total. The average molecular weight is 305 g/mol. The molecule has 0 atom stereocenters. The number of hydrogen-bond donors (Lipinski definition) is 1. The van der Waals surface area contributed by atoms with Crippen LogP contribution in [0.3, 0.4) is 0 Å². The van der Waals surface area contributed by atoms with Crippen molar-refractivity contribution in [3.63, 3.8) is 0 Å². The molecule has 0 aliphatic heterocycles. The van der Waals surface area contributed by atoms with Crippen LogP contribution in [-0.2, 0) is 0 Å². The summed E-state index contributed by atoms with van der Waals surface area (Å²) >= 11 is 5.67. The van der Waals surface area contributed by atoms with Crippen LogP contribution in [0.25, 0.3) is 0 Å². The standard InChI is InChI=1S/C12H8ClF3N2O2/c13-10-6-5-7(17)11(18-10)19-8-3-1-2-4-9(8)20-12(14,15)16/h1-6H,17H2. The van der Waals surface area contributed by atoms with E-state index in [0.29, 0.717) is 0 Å². The summed E-state index contributed by atoms with van der Waals surface area (Å²) in [6.07, 6.45) is -4.83. The molecule has 106 valence electrons. The third-order valence-electron chi connectivity index (χ3n) is 2.14. The topological polar surface area (TPSA) is 57.4 Å². The molecule has 1 heterocycles. The lowest BCUT2D eigenvalue weighted by atomic mass is 10.3. The fourth-order valence-corrected chi connectivity index (χ4v) is 1.50. The van der Waals surface area contributed by atoms with E-state index in [0.717, 1.165) is 6.07 Å². The molecular formula is C12H8ClF3N2O2. The summed E-state index contributed by atoms with van der Waals surface area (Å²) in [6, 6.07) is 8.13. The number of benzene rings is 1. The van der Waals surface area contributed by atoms with E-state index in [1.165, 1.54) is 30.3 Å². The molecule has 0 unspecified atom stereocenters. The van der Waals surface area contributed by atoms with Crippen LogP contribution in [0.2, 0.25) is 5.15 Å². The smallest absolute Gasteiger partial charge is 0.433 e. The maximum Gasteiger partial charge on any atom is 0.573 e. The molecule has 2 aromatic rings. The highest BCUT2D eigenvalue weighted by molar-refractivity contribution is 6.29. The number of nitrogens with zero attached hydrogens (tertiary/aromatic N) is 1. The van der Waals surface area contributed by atoms with Crippen molar-refractivity contribution in [1.29, 1.82) is 0 Å². The molecule has 1 aromatic carbocycles. The summed E-state index contributed by atoms with van der Waals surface area (Å²) in [5, 5.41) is 0.100. The quantitative estimate of drug-likeness (QED) is 0.871. The van der Waals surface area contributed by atoms with Crippen molar-refractivity contribution >= 4 is 17.3 Å². The second kappa shape index (κ2) is 5.46. The molecule has 2 rings (SSSR count). The summed E-state index contributed by atoms with van der Waals surface area (Å²) in [7, 11) is 0. The number of nitrogen functional groups attached to an aromatic ring is 1. The highest BCUT2D eigenvalue weighted by atomic mass is 35.5. The van der Waals surface area contributed by atoms with E-state index in [1.54, 1.807) is 0 Å². The number of pyridine rings is 1. The van der Waals surface area contributed by atoms with E-state index >= 15 is 0 Å². The molecule has 0 spiro atoms. The highest BCUT2D eigenvalue weighted by Gasteiger charge is 2.32. The lowest BCUT2D eigenvalue weighted by Gasteiger charge is -2.14. The monoisotopic (exact) mass is 304 g/mol. The molecule has 0 radical (unpaired) electrons. The molecule has 0 amide bonds. The number of alkyl halides is 3. The average Bonchev–Trinajstić information content (AvgIpc) is 2.34. The van der Waals surface area contributed by atoms with Crippen molar-refractivity contribution in [1.82, 2.24) is 4.98 Å². The van der Waals surface area contributed by atoms with Gasteiger partial charge in [-0.1, -0.05) is 23.7 Å².